The molecule has 82 heavy (non-hydrogen) atoms. The second-order valence-electron chi connectivity index (χ2n) is 20.6. The number of pyridine rings is 3. The molecule has 5 heterocycles. The van der Waals surface area contributed by atoms with Crippen molar-refractivity contribution in [2.45, 2.75) is 90.2 Å². The van der Waals surface area contributed by atoms with Gasteiger partial charge < -0.3 is 34.9 Å². The Morgan fingerprint density at radius 1 is 0.707 bits per heavy atom. The van der Waals surface area contributed by atoms with Crippen LogP contribution in [0, 0.1) is 25.7 Å². The minimum Gasteiger partial charge on any atom is -0.494 e. The first kappa shape index (κ1) is 65.1. The Kier molecular flexibility index (Phi) is 22.6. The average molecular weight is 1210 g/mol. The fourth-order valence-electron chi connectivity index (χ4n) is 8.83. The number of carbonyl (C=O) groups excluding carboxylic acids is 5. The van der Waals surface area contributed by atoms with E-state index in [-0.39, 0.29) is 80.6 Å². The Labute approximate surface area is 476 Å². The molecule has 2 aliphatic rings. The van der Waals surface area contributed by atoms with Crippen LogP contribution in [0.15, 0.2) is 60.7 Å². The fourth-order valence-corrected chi connectivity index (χ4v) is 11.7. The lowest BCUT2D eigenvalue weighted by molar-refractivity contribution is -0.197. The van der Waals surface area contributed by atoms with Crippen LogP contribution >= 0.6 is 22.1 Å². The van der Waals surface area contributed by atoms with Crippen molar-refractivity contribution >= 4 is 78.1 Å². The van der Waals surface area contributed by atoms with Gasteiger partial charge in [-0.2, -0.15) is 8.42 Å². The van der Waals surface area contributed by atoms with E-state index in [1.54, 1.807) is 42.5 Å². The molecule has 4 aromatic rings. The number of aryl methyl sites for hydroxylation is 2. The quantitative estimate of drug-likeness (QED) is 0.0202. The Bertz CT molecular complexity index is 3330. The van der Waals surface area contributed by atoms with E-state index in [0.717, 1.165) is 11.1 Å². The predicted molar refractivity (Wildman–Crippen MR) is 304 cm³/mol. The van der Waals surface area contributed by atoms with Gasteiger partial charge in [0.15, 0.2) is 5.25 Å². The number of aromatic nitrogens is 3. The van der Waals surface area contributed by atoms with Crippen LogP contribution in [0.2, 0.25) is 0 Å². The highest BCUT2D eigenvalue weighted by Crippen LogP contribution is 2.35. The molecule has 29 heteroatoms. The van der Waals surface area contributed by atoms with Crippen LogP contribution in [-0.2, 0) is 72.3 Å². The zero-order valence-electron chi connectivity index (χ0n) is 46.5. The third-order valence-corrected chi connectivity index (χ3v) is 17.4. The summed E-state index contributed by atoms with van der Waals surface area (Å²) in [6.07, 6.45) is -0.660. The molecule has 0 saturated carbocycles. The predicted octanol–water partition coefficient (Wildman–Crippen LogP) is 1.71. The Hall–Kier alpha value is -6.06. The summed E-state index contributed by atoms with van der Waals surface area (Å²) < 4.78 is 78.1. The van der Waals surface area contributed by atoms with Gasteiger partial charge in [0.2, 0.25) is 33.9 Å². The summed E-state index contributed by atoms with van der Waals surface area (Å²) in [5.41, 5.74) is 4.65. The summed E-state index contributed by atoms with van der Waals surface area (Å²) in [4.78, 5) is 117. The number of hydroxylamine groups is 2. The van der Waals surface area contributed by atoms with E-state index in [1.165, 1.54) is 26.1 Å². The number of nitrogens with zero attached hydrogens (tertiary/aromatic N) is 7. The van der Waals surface area contributed by atoms with Crippen LogP contribution in [0.5, 0.6) is 5.75 Å². The summed E-state index contributed by atoms with van der Waals surface area (Å²) in [6, 6.07) is 17.0. The molecule has 6 N–H and O–H groups in total. The van der Waals surface area contributed by atoms with Gasteiger partial charge in [-0.3, -0.25) is 52.1 Å². The van der Waals surface area contributed by atoms with E-state index < -0.39 is 73.6 Å². The van der Waals surface area contributed by atoms with Crippen LogP contribution in [0.25, 0.3) is 0 Å². The number of benzene rings is 1. The third kappa shape index (κ3) is 20.4. The average Bonchev–Trinajstić information content (AvgIpc) is 3.71. The van der Waals surface area contributed by atoms with Crippen LogP contribution in [0.3, 0.4) is 0 Å². The molecule has 4 unspecified atom stereocenters. The highest BCUT2D eigenvalue weighted by Gasteiger charge is 2.34. The lowest BCUT2D eigenvalue weighted by Gasteiger charge is -2.32. The molecule has 444 valence electrons. The number of hydrogen-bond acceptors (Lipinski definition) is 18. The summed E-state index contributed by atoms with van der Waals surface area (Å²) in [7, 11) is -16.1. The van der Waals surface area contributed by atoms with Gasteiger partial charge in [0, 0.05) is 128 Å². The molecule has 0 spiro atoms. The Morgan fingerprint density at radius 3 is 1.82 bits per heavy atom. The summed E-state index contributed by atoms with van der Waals surface area (Å²) in [5, 5.41) is 2.98. The van der Waals surface area contributed by atoms with Crippen molar-refractivity contribution in [1.82, 2.24) is 45.3 Å². The zero-order chi connectivity index (χ0) is 60.2. The van der Waals surface area contributed by atoms with E-state index in [4.69, 9.17) is 9.57 Å². The molecule has 2 saturated heterocycles. The Morgan fingerprint density at radius 2 is 1.23 bits per heavy atom. The van der Waals surface area contributed by atoms with Gasteiger partial charge in [-0.05, 0) is 105 Å². The largest absolute Gasteiger partial charge is 0.494 e. The van der Waals surface area contributed by atoms with Crippen LogP contribution < -0.4 is 31.7 Å². The maximum absolute atomic E-state index is 13.2. The van der Waals surface area contributed by atoms with Crippen molar-refractivity contribution in [3.8, 4) is 17.6 Å². The molecule has 2 fully saturated rings. The number of amides is 4. The lowest BCUT2D eigenvalue weighted by atomic mass is 10.1. The van der Waals surface area contributed by atoms with Crippen molar-refractivity contribution in [2.75, 3.05) is 72.4 Å². The smallest absolute Gasteiger partial charge is 0.333 e. The minimum atomic E-state index is -4.95. The molecule has 2 aliphatic heterocycles. The molecule has 6 rings (SSSR count). The lowest BCUT2D eigenvalue weighted by Crippen LogP contribution is -2.47. The number of rotatable bonds is 23. The summed E-state index contributed by atoms with van der Waals surface area (Å²) >= 11 is 0. The number of nitrogens with one attached hydrogen (secondary N) is 2. The molecule has 1 aromatic carbocycles. The van der Waals surface area contributed by atoms with E-state index in [0.29, 0.717) is 84.8 Å². The van der Waals surface area contributed by atoms with Gasteiger partial charge in [-0.15, -0.1) is 5.06 Å². The summed E-state index contributed by atoms with van der Waals surface area (Å²) in [5.74, 6) is 2.59. The van der Waals surface area contributed by atoms with Crippen molar-refractivity contribution in [2.24, 2.45) is 0 Å². The van der Waals surface area contributed by atoms with Crippen molar-refractivity contribution in [3.05, 3.63) is 100.0 Å². The molecule has 0 bridgehead atoms. The highest BCUT2D eigenvalue weighted by molar-refractivity contribution is 7.87. The molecular formula is C53H70N9O16P3S. The monoisotopic (exact) mass is 1210 g/mol. The minimum absolute atomic E-state index is 0.0173. The van der Waals surface area contributed by atoms with Crippen LogP contribution in [-0.4, -0.2) is 176 Å². The molecule has 25 nitrogen and oxygen atoms in total. The van der Waals surface area contributed by atoms with Crippen LogP contribution in [0.1, 0.15) is 84.8 Å². The summed E-state index contributed by atoms with van der Waals surface area (Å²) in [6.45, 7) is 12.6. The maximum atomic E-state index is 13.2. The van der Waals surface area contributed by atoms with Gasteiger partial charge in [0.05, 0.1) is 23.7 Å². The third-order valence-electron chi connectivity index (χ3n) is 13.1. The van der Waals surface area contributed by atoms with Gasteiger partial charge in [-0.25, -0.2) is 19.7 Å². The number of carbonyl (C=O) groups is 5. The maximum Gasteiger partial charge on any atom is 0.333 e. The molecule has 0 aliphatic carbocycles. The highest BCUT2D eigenvalue weighted by atomic mass is 32.2. The molecule has 5 atom stereocenters. The number of hydrogen-bond donors (Lipinski definition) is 6. The standard InChI is InChI=1S/C53H70N9O16P3S/c1-36-25-41(56-47(27-36)79(4,68)69)34-60-21-20-59(22-23-61(38(3)32-60)35-42-26-37(2)28-48(57-42)80(5,70)71)33-43-29-40(30-49(58-43)81(6,72)73)12-11-39-13-15-44(16-14-39)77-24-8-19-54-53(67)45(82(74,75)76)31-55-46(63)9-7-10-52(66)78-62-50(64)17-18-51(62)65/h13-16,25-30,38,45H,7-10,17-24,31-35H2,1-6H3,(H,54,67)(H,55,63)(H,68,69)(H,70,71)(H,72,73)(H,74,75,76)/t38-,45?/m0/s1. The molecular weight excluding hydrogens is 1140 g/mol. The van der Waals surface area contributed by atoms with Gasteiger partial charge in [0.25, 0.3) is 21.9 Å². The van der Waals surface area contributed by atoms with E-state index in [2.05, 4.69) is 59.0 Å². The van der Waals surface area contributed by atoms with E-state index in [9.17, 15) is 65.3 Å². The second-order valence-corrected chi connectivity index (χ2v) is 28.9. The second kappa shape index (κ2) is 28.5. The zero-order valence-corrected chi connectivity index (χ0v) is 50.0. The normalized spacial score (nSPS) is 18.3. The first-order chi connectivity index (χ1) is 38.4. The molecule has 4 amide bonds. The van der Waals surface area contributed by atoms with Gasteiger partial charge in [0.1, 0.15) is 22.1 Å². The van der Waals surface area contributed by atoms with E-state index >= 15 is 0 Å². The van der Waals surface area contributed by atoms with E-state index in [1.807, 2.05) is 26.0 Å². The first-order valence-corrected chi connectivity index (χ1v) is 34.1. The van der Waals surface area contributed by atoms with Crippen molar-refractivity contribution < 1.29 is 74.9 Å². The SMILES string of the molecule is Cc1cc(CN2CCN(Cc3cc(C#Cc4ccc(OCCCNC(=O)C(CNC(=O)CCCC(=O)ON5C(=O)CCC5=O)S(=O)(=O)O)cc4)cc(P(C)(=O)O)n3)CCN(Cc3cc(C)cc(P(C)(=O)O)n3)[C@@H](C)C2)nc(P(C)(=O)O)c1. The number of ether oxygens (including phenoxy) is 1. The topological polar surface area (TPSA) is 346 Å². The Balaban J connectivity index is 1.06. The number of imide groups is 1. The first-order valence-electron chi connectivity index (χ1n) is 26.3. The van der Waals surface area contributed by atoms with Gasteiger partial charge >= 0.3 is 5.97 Å². The van der Waals surface area contributed by atoms with Crippen LogP contribution in [0.4, 0.5) is 0 Å². The van der Waals surface area contributed by atoms with Crippen molar-refractivity contribution in [3.63, 3.8) is 0 Å². The fraction of sp³-hybridized carbons (Fsp3) is 0.472. The molecule has 3 aromatic heterocycles. The van der Waals surface area contributed by atoms with Crippen molar-refractivity contribution in [1.29, 1.82) is 0 Å². The molecule has 0 radical (unpaired) electrons. The van der Waals surface area contributed by atoms with Gasteiger partial charge in [-0.1, -0.05) is 11.8 Å².